The average Bonchev–Trinajstić information content (AvgIpc) is 2.99. The fourth-order valence-electron chi connectivity index (χ4n) is 4.26. The van der Waals surface area contributed by atoms with Gasteiger partial charge in [0.25, 0.3) is 5.88 Å². The molecule has 0 radical (unpaired) electrons. The molecule has 2 fully saturated rings. The maximum absolute atomic E-state index is 6.08. The van der Waals surface area contributed by atoms with Crippen molar-refractivity contribution in [3.8, 4) is 5.88 Å². The highest BCUT2D eigenvalue weighted by molar-refractivity contribution is 5.46. The van der Waals surface area contributed by atoms with Crippen molar-refractivity contribution in [2.45, 2.75) is 70.2 Å². The van der Waals surface area contributed by atoms with E-state index in [1.54, 1.807) is 7.11 Å². The molecule has 26 heavy (non-hydrogen) atoms. The van der Waals surface area contributed by atoms with Gasteiger partial charge < -0.3 is 19.9 Å². The van der Waals surface area contributed by atoms with Gasteiger partial charge in [-0.2, -0.15) is 0 Å². The molecule has 7 heteroatoms. The molecule has 1 aliphatic carbocycles. The number of methoxy groups -OCH3 is 1. The zero-order valence-corrected chi connectivity index (χ0v) is 16.4. The van der Waals surface area contributed by atoms with Crippen molar-refractivity contribution < 1.29 is 14.2 Å². The highest BCUT2D eigenvalue weighted by Gasteiger charge is 2.31. The largest absolute Gasteiger partial charge is 0.475 e. The Morgan fingerprint density at radius 1 is 1.12 bits per heavy atom. The van der Waals surface area contributed by atoms with Crippen LogP contribution in [0.3, 0.4) is 0 Å². The number of hydrogen-bond acceptors (Lipinski definition) is 6. The molecule has 2 N–H and O–H groups in total. The van der Waals surface area contributed by atoms with Gasteiger partial charge in [-0.05, 0) is 39.5 Å². The van der Waals surface area contributed by atoms with Gasteiger partial charge in [-0.15, -0.1) is 5.10 Å². The summed E-state index contributed by atoms with van der Waals surface area (Å²) in [7, 11) is 1.69. The SMILES string of the molecule is COCCCOc1nn(C2CCC(N3C[C@@H](C)O[C@@H](C)C3)CC2)cc1N. The molecule has 2 heterocycles. The Balaban J connectivity index is 1.50. The maximum Gasteiger partial charge on any atom is 0.256 e. The molecule has 1 saturated heterocycles. The Bertz CT molecular complexity index is 547. The van der Waals surface area contributed by atoms with Crippen molar-refractivity contribution in [3.05, 3.63) is 6.20 Å². The molecule has 0 aromatic carbocycles. The number of anilines is 1. The molecule has 0 amide bonds. The average molecular weight is 367 g/mol. The number of hydrogen-bond donors (Lipinski definition) is 1. The van der Waals surface area contributed by atoms with E-state index in [-0.39, 0.29) is 0 Å². The van der Waals surface area contributed by atoms with E-state index in [0.717, 1.165) is 32.4 Å². The fourth-order valence-corrected chi connectivity index (χ4v) is 4.26. The summed E-state index contributed by atoms with van der Waals surface area (Å²) in [6, 6.07) is 1.08. The molecule has 0 spiro atoms. The monoisotopic (exact) mass is 366 g/mol. The summed E-state index contributed by atoms with van der Waals surface area (Å²) in [5, 5.41) is 4.59. The topological polar surface area (TPSA) is 74.8 Å². The van der Waals surface area contributed by atoms with Gasteiger partial charge >= 0.3 is 0 Å². The minimum Gasteiger partial charge on any atom is -0.475 e. The zero-order chi connectivity index (χ0) is 18.5. The van der Waals surface area contributed by atoms with E-state index in [1.807, 2.05) is 10.9 Å². The summed E-state index contributed by atoms with van der Waals surface area (Å²) in [5.41, 5.74) is 6.70. The number of nitrogens with two attached hydrogens (primary N) is 1. The van der Waals surface area contributed by atoms with Crippen LogP contribution in [0.2, 0.25) is 0 Å². The second kappa shape index (κ2) is 9.06. The van der Waals surface area contributed by atoms with Crippen molar-refractivity contribution in [2.75, 3.05) is 39.1 Å². The maximum atomic E-state index is 6.08. The molecule has 2 atom stereocenters. The summed E-state index contributed by atoms with van der Waals surface area (Å²) in [6.45, 7) is 7.71. The Morgan fingerprint density at radius 3 is 2.42 bits per heavy atom. The van der Waals surface area contributed by atoms with Crippen molar-refractivity contribution >= 4 is 5.69 Å². The van der Waals surface area contributed by atoms with Crippen molar-refractivity contribution in [3.63, 3.8) is 0 Å². The van der Waals surface area contributed by atoms with Crippen LogP contribution in [0.25, 0.3) is 0 Å². The van der Waals surface area contributed by atoms with Crippen LogP contribution >= 0.6 is 0 Å². The van der Waals surface area contributed by atoms with E-state index in [1.165, 1.54) is 12.8 Å². The van der Waals surface area contributed by atoms with Crippen LogP contribution in [-0.2, 0) is 9.47 Å². The number of rotatable bonds is 7. The van der Waals surface area contributed by atoms with Crippen LogP contribution in [-0.4, -0.2) is 66.3 Å². The minimum atomic E-state index is 0.334. The van der Waals surface area contributed by atoms with Gasteiger partial charge in [0, 0.05) is 39.3 Å². The highest BCUT2D eigenvalue weighted by atomic mass is 16.5. The first kappa shape index (κ1) is 19.5. The van der Waals surface area contributed by atoms with E-state index in [0.29, 0.717) is 49.1 Å². The molecular weight excluding hydrogens is 332 g/mol. The van der Waals surface area contributed by atoms with Gasteiger partial charge in [-0.1, -0.05) is 0 Å². The lowest BCUT2D eigenvalue weighted by Gasteiger charge is -2.42. The van der Waals surface area contributed by atoms with Crippen LogP contribution in [0, 0.1) is 0 Å². The molecule has 1 aromatic heterocycles. The normalized spacial score (nSPS) is 30.4. The van der Waals surface area contributed by atoms with Crippen LogP contribution in [0.4, 0.5) is 5.69 Å². The lowest BCUT2D eigenvalue weighted by atomic mass is 9.89. The van der Waals surface area contributed by atoms with Gasteiger partial charge in [0.15, 0.2) is 0 Å². The third kappa shape index (κ3) is 4.90. The molecule has 1 aromatic rings. The predicted molar refractivity (Wildman–Crippen MR) is 102 cm³/mol. The molecule has 2 aliphatic rings. The van der Waals surface area contributed by atoms with Crippen molar-refractivity contribution in [1.82, 2.24) is 14.7 Å². The molecular formula is C19H34N4O3. The van der Waals surface area contributed by atoms with Crippen LogP contribution < -0.4 is 10.5 Å². The third-order valence-electron chi connectivity index (χ3n) is 5.46. The second-order valence-corrected chi connectivity index (χ2v) is 7.74. The predicted octanol–water partition coefficient (Wildman–Crippen LogP) is 2.47. The zero-order valence-electron chi connectivity index (χ0n) is 16.4. The van der Waals surface area contributed by atoms with Crippen LogP contribution in [0.1, 0.15) is 52.0 Å². The summed E-state index contributed by atoms with van der Waals surface area (Å²) >= 11 is 0. The quantitative estimate of drug-likeness (QED) is 0.747. The number of aromatic nitrogens is 2. The third-order valence-corrected chi connectivity index (χ3v) is 5.46. The summed E-state index contributed by atoms with van der Waals surface area (Å²) in [5.74, 6) is 0.555. The van der Waals surface area contributed by atoms with E-state index in [4.69, 9.17) is 19.9 Å². The first-order chi connectivity index (χ1) is 12.6. The first-order valence-electron chi connectivity index (χ1n) is 9.92. The second-order valence-electron chi connectivity index (χ2n) is 7.74. The Morgan fingerprint density at radius 2 is 1.77 bits per heavy atom. The number of nitrogens with zero attached hydrogens (tertiary/aromatic N) is 3. The molecule has 0 unspecified atom stereocenters. The molecule has 1 aliphatic heterocycles. The van der Waals surface area contributed by atoms with Gasteiger partial charge in [-0.25, -0.2) is 0 Å². The van der Waals surface area contributed by atoms with Gasteiger partial charge in [0.05, 0.1) is 31.1 Å². The lowest BCUT2D eigenvalue weighted by Crippen LogP contribution is -2.51. The Kier molecular flexibility index (Phi) is 6.78. The lowest BCUT2D eigenvalue weighted by molar-refractivity contribution is -0.0852. The number of nitrogen functional groups attached to an aromatic ring is 1. The van der Waals surface area contributed by atoms with E-state index in [2.05, 4.69) is 23.8 Å². The Hall–Kier alpha value is -1.31. The van der Waals surface area contributed by atoms with Crippen molar-refractivity contribution in [2.24, 2.45) is 0 Å². The Labute approximate surface area is 156 Å². The minimum absolute atomic E-state index is 0.334. The molecule has 3 rings (SSSR count). The summed E-state index contributed by atoms with van der Waals surface area (Å²) in [6.07, 6.45) is 8.10. The highest BCUT2D eigenvalue weighted by Crippen LogP contribution is 2.33. The van der Waals surface area contributed by atoms with E-state index < -0.39 is 0 Å². The van der Waals surface area contributed by atoms with Gasteiger partial charge in [0.1, 0.15) is 5.69 Å². The standard InChI is InChI=1S/C19H34N4O3/c1-14-11-22(12-15(2)26-14)16-5-7-17(8-6-16)23-13-18(20)19(21-23)25-10-4-9-24-3/h13-17H,4-12,20H2,1-3H3/t14-,15+,16?,17?. The van der Waals surface area contributed by atoms with E-state index in [9.17, 15) is 0 Å². The van der Waals surface area contributed by atoms with Gasteiger partial charge in [0.2, 0.25) is 0 Å². The van der Waals surface area contributed by atoms with Crippen LogP contribution in [0.15, 0.2) is 6.20 Å². The molecule has 7 nitrogen and oxygen atoms in total. The molecule has 1 saturated carbocycles. The fraction of sp³-hybridized carbons (Fsp3) is 0.842. The summed E-state index contributed by atoms with van der Waals surface area (Å²) < 4.78 is 18.6. The first-order valence-corrected chi connectivity index (χ1v) is 9.92. The summed E-state index contributed by atoms with van der Waals surface area (Å²) in [4.78, 5) is 2.62. The van der Waals surface area contributed by atoms with Crippen molar-refractivity contribution in [1.29, 1.82) is 0 Å². The number of morpholine rings is 1. The van der Waals surface area contributed by atoms with Crippen LogP contribution in [0.5, 0.6) is 5.88 Å². The molecule has 148 valence electrons. The molecule has 0 bridgehead atoms. The smallest absolute Gasteiger partial charge is 0.256 e. The van der Waals surface area contributed by atoms with E-state index >= 15 is 0 Å². The van der Waals surface area contributed by atoms with Gasteiger partial charge in [-0.3, -0.25) is 9.58 Å². The number of ether oxygens (including phenoxy) is 3.